The van der Waals surface area contributed by atoms with Crippen molar-refractivity contribution in [3.05, 3.63) is 21.8 Å². The lowest BCUT2D eigenvalue weighted by molar-refractivity contribution is 0.0590. The standard InChI is InChI=1S/C8H7BrF2N2O2/c1-15-8(14)5-4(6(10)11)3(9)2-13-7(5)12/h2,6H,1H3,(H2,12,13). The first-order chi connectivity index (χ1) is 6.99. The lowest BCUT2D eigenvalue weighted by atomic mass is 10.1. The van der Waals surface area contributed by atoms with E-state index in [1.54, 1.807) is 0 Å². The molecule has 7 heteroatoms. The largest absolute Gasteiger partial charge is 0.465 e. The number of carbonyl (C=O) groups excluding carboxylic acids is 1. The van der Waals surface area contributed by atoms with Crippen LogP contribution in [0.4, 0.5) is 14.6 Å². The maximum Gasteiger partial charge on any atom is 0.342 e. The highest BCUT2D eigenvalue weighted by Gasteiger charge is 2.25. The first kappa shape index (κ1) is 11.8. The van der Waals surface area contributed by atoms with E-state index in [1.165, 1.54) is 0 Å². The lowest BCUT2D eigenvalue weighted by Crippen LogP contribution is -2.12. The van der Waals surface area contributed by atoms with Crippen LogP contribution >= 0.6 is 15.9 Å². The molecule has 0 amide bonds. The van der Waals surface area contributed by atoms with Crippen molar-refractivity contribution in [3.8, 4) is 0 Å². The Labute approximate surface area is 92.6 Å². The van der Waals surface area contributed by atoms with Crippen molar-refractivity contribution in [1.82, 2.24) is 4.98 Å². The minimum Gasteiger partial charge on any atom is -0.465 e. The summed E-state index contributed by atoms with van der Waals surface area (Å²) in [6.45, 7) is 0. The molecule has 0 aliphatic rings. The summed E-state index contributed by atoms with van der Waals surface area (Å²) in [5.41, 5.74) is 4.43. The molecule has 0 radical (unpaired) electrons. The number of nitrogens with zero attached hydrogens (tertiary/aromatic N) is 1. The van der Waals surface area contributed by atoms with Crippen LogP contribution in [0.25, 0.3) is 0 Å². The quantitative estimate of drug-likeness (QED) is 0.843. The molecule has 1 aromatic heterocycles. The summed E-state index contributed by atoms with van der Waals surface area (Å²) < 4.78 is 29.7. The zero-order valence-electron chi connectivity index (χ0n) is 7.63. The lowest BCUT2D eigenvalue weighted by Gasteiger charge is -2.10. The number of nitrogens with two attached hydrogens (primary N) is 1. The third-order valence-electron chi connectivity index (χ3n) is 1.71. The molecule has 0 saturated carbocycles. The van der Waals surface area contributed by atoms with Gasteiger partial charge in [-0.1, -0.05) is 0 Å². The van der Waals surface area contributed by atoms with Gasteiger partial charge >= 0.3 is 5.97 Å². The molecule has 1 rings (SSSR count). The molecule has 0 unspecified atom stereocenters. The van der Waals surface area contributed by atoms with E-state index in [2.05, 4.69) is 25.7 Å². The van der Waals surface area contributed by atoms with Crippen molar-refractivity contribution in [2.24, 2.45) is 0 Å². The Morgan fingerprint density at radius 1 is 1.67 bits per heavy atom. The number of pyridine rings is 1. The molecule has 2 N–H and O–H groups in total. The number of methoxy groups -OCH3 is 1. The number of hydrogen-bond acceptors (Lipinski definition) is 4. The van der Waals surface area contributed by atoms with Gasteiger partial charge in [0.1, 0.15) is 11.4 Å². The first-order valence-electron chi connectivity index (χ1n) is 3.79. The number of ether oxygens (including phenoxy) is 1. The van der Waals surface area contributed by atoms with Crippen LogP contribution in [-0.4, -0.2) is 18.1 Å². The maximum absolute atomic E-state index is 12.6. The van der Waals surface area contributed by atoms with E-state index in [0.29, 0.717) is 0 Å². The van der Waals surface area contributed by atoms with Crippen LogP contribution < -0.4 is 5.73 Å². The molecule has 15 heavy (non-hydrogen) atoms. The summed E-state index contributed by atoms with van der Waals surface area (Å²) in [7, 11) is 1.08. The summed E-state index contributed by atoms with van der Waals surface area (Å²) in [5.74, 6) is -1.21. The fraction of sp³-hybridized carbons (Fsp3) is 0.250. The highest BCUT2D eigenvalue weighted by molar-refractivity contribution is 9.10. The van der Waals surface area contributed by atoms with Gasteiger partial charge in [0.15, 0.2) is 0 Å². The molecule has 1 aromatic rings. The zero-order valence-corrected chi connectivity index (χ0v) is 9.22. The van der Waals surface area contributed by atoms with Gasteiger partial charge in [-0.3, -0.25) is 0 Å². The van der Waals surface area contributed by atoms with E-state index in [-0.39, 0.29) is 10.3 Å². The van der Waals surface area contributed by atoms with Crippen molar-refractivity contribution in [1.29, 1.82) is 0 Å². The van der Waals surface area contributed by atoms with Gasteiger partial charge in [0.2, 0.25) is 0 Å². The van der Waals surface area contributed by atoms with E-state index >= 15 is 0 Å². The predicted molar refractivity (Wildman–Crippen MR) is 52.6 cm³/mol. The van der Waals surface area contributed by atoms with E-state index in [1.807, 2.05) is 0 Å². The predicted octanol–water partition coefficient (Wildman–Crippen LogP) is 2.15. The van der Waals surface area contributed by atoms with Gasteiger partial charge < -0.3 is 10.5 Å². The number of alkyl halides is 2. The zero-order chi connectivity index (χ0) is 11.6. The molecule has 0 aromatic carbocycles. The number of esters is 1. The molecule has 0 aliphatic heterocycles. The van der Waals surface area contributed by atoms with Crippen molar-refractivity contribution in [3.63, 3.8) is 0 Å². The average molecular weight is 281 g/mol. The Morgan fingerprint density at radius 3 is 2.73 bits per heavy atom. The number of nitrogen functional groups attached to an aromatic ring is 1. The second kappa shape index (κ2) is 4.52. The third-order valence-corrected chi connectivity index (χ3v) is 2.34. The normalized spacial score (nSPS) is 10.5. The highest BCUT2D eigenvalue weighted by atomic mass is 79.9. The molecule has 0 spiro atoms. The Hall–Kier alpha value is -1.24. The first-order valence-corrected chi connectivity index (χ1v) is 4.58. The molecule has 0 aliphatic carbocycles. The highest BCUT2D eigenvalue weighted by Crippen LogP contribution is 2.32. The molecule has 0 atom stereocenters. The summed E-state index contributed by atoms with van der Waals surface area (Å²) in [4.78, 5) is 14.8. The van der Waals surface area contributed by atoms with Crippen LogP contribution in [0.3, 0.4) is 0 Å². The van der Waals surface area contributed by atoms with Gasteiger partial charge in [0.25, 0.3) is 6.43 Å². The Bertz CT molecular complexity index is 398. The van der Waals surface area contributed by atoms with Gasteiger partial charge in [-0.15, -0.1) is 0 Å². The van der Waals surface area contributed by atoms with Gasteiger partial charge in [-0.05, 0) is 15.9 Å². The SMILES string of the molecule is COC(=O)c1c(N)ncc(Br)c1C(F)F. The van der Waals surface area contributed by atoms with Crippen LogP contribution in [-0.2, 0) is 4.74 Å². The van der Waals surface area contributed by atoms with Crippen molar-refractivity contribution < 1.29 is 18.3 Å². The summed E-state index contributed by atoms with van der Waals surface area (Å²) in [6.07, 6.45) is -1.72. The topological polar surface area (TPSA) is 65.2 Å². The maximum atomic E-state index is 12.6. The number of aromatic nitrogens is 1. The van der Waals surface area contributed by atoms with E-state index < -0.39 is 23.5 Å². The molecule has 0 saturated heterocycles. The molecule has 0 fully saturated rings. The van der Waals surface area contributed by atoms with Crippen LogP contribution in [0.5, 0.6) is 0 Å². The number of anilines is 1. The fourth-order valence-electron chi connectivity index (χ4n) is 1.05. The monoisotopic (exact) mass is 280 g/mol. The summed E-state index contributed by atoms with van der Waals surface area (Å²) in [6, 6.07) is 0. The minimum absolute atomic E-state index is 0.0205. The van der Waals surface area contributed by atoms with Crippen LogP contribution in [0.2, 0.25) is 0 Å². The molecule has 82 valence electrons. The molecular formula is C8H7BrF2N2O2. The van der Waals surface area contributed by atoms with Crippen molar-refractivity contribution >= 4 is 27.7 Å². The van der Waals surface area contributed by atoms with Crippen molar-refractivity contribution in [2.45, 2.75) is 6.43 Å². The Balaban J connectivity index is 3.45. The Kier molecular flexibility index (Phi) is 3.57. The molecule has 4 nitrogen and oxygen atoms in total. The number of halogens is 3. The molecule has 0 bridgehead atoms. The number of rotatable bonds is 2. The summed E-state index contributed by atoms with van der Waals surface area (Å²) >= 11 is 2.87. The van der Waals surface area contributed by atoms with Crippen LogP contribution in [0.1, 0.15) is 22.3 Å². The molecular weight excluding hydrogens is 274 g/mol. The van der Waals surface area contributed by atoms with Gasteiger partial charge in [-0.25, -0.2) is 18.6 Å². The van der Waals surface area contributed by atoms with E-state index in [0.717, 1.165) is 13.3 Å². The number of hydrogen-bond donors (Lipinski definition) is 1. The fourth-order valence-corrected chi connectivity index (χ4v) is 1.52. The summed E-state index contributed by atoms with van der Waals surface area (Å²) in [5, 5.41) is 0. The second-order valence-electron chi connectivity index (χ2n) is 2.57. The smallest absolute Gasteiger partial charge is 0.342 e. The average Bonchev–Trinajstić information content (AvgIpc) is 2.19. The van der Waals surface area contributed by atoms with Crippen LogP contribution in [0, 0.1) is 0 Å². The van der Waals surface area contributed by atoms with Gasteiger partial charge in [0, 0.05) is 10.7 Å². The van der Waals surface area contributed by atoms with Gasteiger partial charge in [-0.2, -0.15) is 0 Å². The van der Waals surface area contributed by atoms with Crippen LogP contribution in [0.15, 0.2) is 10.7 Å². The third kappa shape index (κ3) is 2.23. The second-order valence-corrected chi connectivity index (χ2v) is 3.43. The number of carbonyl (C=O) groups is 1. The molecule has 1 heterocycles. The van der Waals surface area contributed by atoms with Crippen molar-refractivity contribution in [2.75, 3.05) is 12.8 Å². The Morgan fingerprint density at radius 2 is 2.27 bits per heavy atom. The van der Waals surface area contributed by atoms with Gasteiger partial charge in [0.05, 0.1) is 12.7 Å². The van der Waals surface area contributed by atoms with E-state index in [4.69, 9.17) is 5.73 Å². The minimum atomic E-state index is -2.83. The van der Waals surface area contributed by atoms with E-state index in [9.17, 15) is 13.6 Å².